The lowest BCUT2D eigenvalue weighted by molar-refractivity contribution is -0.123. The molecule has 242 valence electrons. The number of halogens is 1. The van der Waals surface area contributed by atoms with Crippen molar-refractivity contribution in [3.8, 4) is 11.5 Å². The van der Waals surface area contributed by atoms with Crippen LogP contribution in [-0.4, -0.2) is 60.7 Å². The maximum atomic E-state index is 14.1. The fourth-order valence-electron chi connectivity index (χ4n) is 4.77. The van der Waals surface area contributed by atoms with E-state index in [-0.39, 0.29) is 49.2 Å². The van der Waals surface area contributed by atoms with Gasteiger partial charge in [-0.1, -0.05) is 48.6 Å². The summed E-state index contributed by atoms with van der Waals surface area (Å²) >= 11 is 0. The molecule has 3 amide bonds. The number of carbonyl (C=O) groups excluding carboxylic acids is 3. The molecule has 0 radical (unpaired) electrons. The predicted octanol–water partition coefficient (Wildman–Crippen LogP) is 3.51. The minimum atomic E-state index is -0.749. The number of hydrogen-bond acceptors (Lipinski definition) is 7. The van der Waals surface area contributed by atoms with Gasteiger partial charge in [-0.05, 0) is 30.9 Å². The molecule has 46 heavy (non-hydrogen) atoms. The van der Waals surface area contributed by atoms with Gasteiger partial charge >= 0.3 is 0 Å². The summed E-state index contributed by atoms with van der Waals surface area (Å²) in [5.74, 6) is -2.32. The highest BCUT2D eigenvalue weighted by Gasteiger charge is 2.33. The number of pyridine rings is 1. The third kappa shape index (κ3) is 8.40. The maximum Gasteiger partial charge on any atom is 0.277 e. The van der Waals surface area contributed by atoms with E-state index in [0.29, 0.717) is 25.1 Å². The number of nitrogens with one attached hydrogen (secondary N) is 2. The predicted molar refractivity (Wildman–Crippen MR) is 172 cm³/mol. The van der Waals surface area contributed by atoms with Gasteiger partial charge in [-0.2, -0.15) is 0 Å². The second-order valence-electron chi connectivity index (χ2n) is 10.6. The van der Waals surface area contributed by atoms with Crippen molar-refractivity contribution in [1.82, 2.24) is 20.2 Å². The average Bonchev–Trinajstić information content (AvgIpc) is 3.05. The lowest BCUT2D eigenvalue weighted by Crippen LogP contribution is -2.53. The van der Waals surface area contributed by atoms with E-state index in [9.17, 15) is 23.6 Å². The van der Waals surface area contributed by atoms with Gasteiger partial charge in [0.25, 0.3) is 17.7 Å². The fourth-order valence-corrected chi connectivity index (χ4v) is 4.77. The summed E-state index contributed by atoms with van der Waals surface area (Å²) in [6, 6.07) is 12.9. The van der Waals surface area contributed by atoms with Crippen LogP contribution < -0.4 is 30.5 Å². The van der Waals surface area contributed by atoms with E-state index in [1.54, 1.807) is 19.2 Å². The molecule has 2 N–H and O–H groups in total. The van der Waals surface area contributed by atoms with Crippen LogP contribution in [0.25, 0.3) is 0 Å². The Hall–Kier alpha value is -5.39. The summed E-state index contributed by atoms with van der Waals surface area (Å²) in [7, 11) is 1.63. The molecular formula is C34H38FN5O6. The van der Waals surface area contributed by atoms with Crippen molar-refractivity contribution in [1.29, 1.82) is 0 Å². The molecule has 2 heterocycles. The van der Waals surface area contributed by atoms with Gasteiger partial charge in [-0.3, -0.25) is 28.9 Å². The van der Waals surface area contributed by atoms with Crippen LogP contribution in [0, 0.1) is 5.82 Å². The van der Waals surface area contributed by atoms with Crippen molar-refractivity contribution in [3.05, 3.63) is 118 Å². The van der Waals surface area contributed by atoms with Crippen LogP contribution in [0.15, 0.2) is 84.8 Å². The van der Waals surface area contributed by atoms with Crippen LogP contribution in [-0.2, 0) is 17.9 Å². The molecule has 11 nitrogen and oxygen atoms in total. The molecule has 1 aliphatic heterocycles. The van der Waals surface area contributed by atoms with E-state index in [1.807, 2.05) is 35.3 Å². The van der Waals surface area contributed by atoms with E-state index in [2.05, 4.69) is 23.8 Å². The highest BCUT2D eigenvalue weighted by molar-refractivity contribution is 5.99. The largest absolute Gasteiger partial charge is 0.483 e. The molecule has 1 aromatic heterocycles. The molecule has 0 unspecified atom stereocenters. The number of aromatic nitrogens is 1. The highest BCUT2D eigenvalue weighted by atomic mass is 19.1. The molecule has 0 bridgehead atoms. The first kappa shape index (κ1) is 33.5. The molecule has 2 aromatic carbocycles. The number of unbranched alkanes of at least 4 members (excludes halogenated alkanes) is 1. The molecule has 0 saturated carbocycles. The molecule has 0 aliphatic carbocycles. The third-order valence-corrected chi connectivity index (χ3v) is 7.17. The number of amides is 3. The van der Waals surface area contributed by atoms with Crippen LogP contribution in [0.2, 0.25) is 0 Å². The fraction of sp³-hybridized carbons (Fsp3) is 0.294. The molecule has 0 atom stereocenters. The Morgan fingerprint density at radius 3 is 2.52 bits per heavy atom. The molecular weight excluding hydrogens is 593 g/mol. The minimum Gasteiger partial charge on any atom is -0.483 e. The summed E-state index contributed by atoms with van der Waals surface area (Å²) in [5.41, 5.74) is 0.180. The number of allylic oxidation sites excluding steroid dienone is 1. The SMILES string of the molecule is C=CCCCN1CN(C)C(=O)c2c(OCc3ccccc3)c(=O)c(C(=O)NCc3ccc(F)cc3OCC(=O)NCCC=C)cn21. The number of nitrogens with zero attached hydrogens (tertiary/aromatic N) is 3. The Morgan fingerprint density at radius 1 is 1.02 bits per heavy atom. The number of benzene rings is 2. The molecule has 3 aromatic rings. The first-order chi connectivity index (χ1) is 22.2. The second kappa shape index (κ2) is 16.1. The second-order valence-corrected chi connectivity index (χ2v) is 10.6. The van der Waals surface area contributed by atoms with Crippen LogP contribution in [0.3, 0.4) is 0 Å². The Morgan fingerprint density at radius 2 is 1.78 bits per heavy atom. The Balaban J connectivity index is 1.62. The Labute approximate surface area is 266 Å². The van der Waals surface area contributed by atoms with Gasteiger partial charge in [0.1, 0.15) is 30.4 Å². The number of rotatable bonds is 16. The summed E-state index contributed by atoms with van der Waals surface area (Å²) in [6.45, 7) is 7.98. The number of ether oxygens (including phenoxy) is 2. The van der Waals surface area contributed by atoms with Crippen molar-refractivity contribution in [2.75, 3.05) is 38.4 Å². The zero-order chi connectivity index (χ0) is 33.1. The molecule has 0 fully saturated rings. The first-order valence-corrected chi connectivity index (χ1v) is 14.9. The summed E-state index contributed by atoms with van der Waals surface area (Å²) in [5, 5.41) is 7.20. The van der Waals surface area contributed by atoms with Crippen LogP contribution in [0.1, 0.15) is 51.2 Å². The summed E-state index contributed by atoms with van der Waals surface area (Å²) in [4.78, 5) is 54.3. The molecule has 12 heteroatoms. The molecule has 1 aliphatic rings. The average molecular weight is 632 g/mol. The minimum absolute atomic E-state index is 0.000937. The smallest absolute Gasteiger partial charge is 0.277 e. The van der Waals surface area contributed by atoms with Crippen molar-refractivity contribution < 1.29 is 28.2 Å². The quantitative estimate of drug-likeness (QED) is 0.183. The third-order valence-electron chi connectivity index (χ3n) is 7.17. The highest BCUT2D eigenvalue weighted by Crippen LogP contribution is 2.24. The molecule has 0 spiro atoms. The standard InChI is InChI=1S/C34H38FN5O6/c1-4-6-11-17-39-23-38(3)34(44)30-32(46-21-24-12-9-8-10-13-24)31(42)27(20-40(30)39)33(43)37-19-25-14-15-26(35)18-28(25)45-22-29(41)36-16-7-5-2/h4-5,8-10,12-15,18,20H,1-2,6-7,11,16-17,19,21-23H2,3H3,(H,36,41)(H,37,43). The van der Waals surface area contributed by atoms with Crippen molar-refractivity contribution in [2.45, 2.75) is 32.4 Å². The topological polar surface area (TPSA) is 122 Å². The molecule has 0 saturated heterocycles. The van der Waals surface area contributed by atoms with Crippen LogP contribution in [0.5, 0.6) is 11.5 Å². The van der Waals surface area contributed by atoms with Crippen LogP contribution in [0.4, 0.5) is 4.39 Å². The summed E-state index contributed by atoms with van der Waals surface area (Å²) in [6.07, 6.45) is 6.84. The van der Waals surface area contributed by atoms with Crippen molar-refractivity contribution >= 4 is 17.7 Å². The molecule has 4 rings (SSSR count). The summed E-state index contributed by atoms with van der Waals surface area (Å²) < 4.78 is 27.1. The van der Waals surface area contributed by atoms with Gasteiger partial charge in [0.05, 0.1) is 0 Å². The van der Waals surface area contributed by atoms with Gasteiger partial charge in [0.15, 0.2) is 18.1 Å². The Bertz CT molecular complexity index is 1640. The van der Waals surface area contributed by atoms with Crippen molar-refractivity contribution in [3.63, 3.8) is 0 Å². The number of carbonyl (C=O) groups is 3. The first-order valence-electron chi connectivity index (χ1n) is 14.9. The number of hydrogen-bond donors (Lipinski definition) is 2. The van der Waals surface area contributed by atoms with E-state index in [4.69, 9.17) is 9.47 Å². The van der Waals surface area contributed by atoms with E-state index >= 15 is 0 Å². The lowest BCUT2D eigenvalue weighted by atomic mass is 10.1. The van der Waals surface area contributed by atoms with E-state index in [0.717, 1.165) is 24.5 Å². The van der Waals surface area contributed by atoms with Crippen molar-refractivity contribution in [2.24, 2.45) is 0 Å². The van der Waals surface area contributed by atoms with Gasteiger partial charge in [-0.15, -0.1) is 13.2 Å². The van der Waals surface area contributed by atoms with E-state index in [1.165, 1.54) is 27.9 Å². The van der Waals surface area contributed by atoms with Gasteiger partial charge in [0, 0.05) is 44.5 Å². The zero-order valence-corrected chi connectivity index (χ0v) is 25.8. The van der Waals surface area contributed by atoms with Gasteiger partial charge in [0.2, 0.25) is 5.43 Å². The maximum absolute atomic E-state index is 14.1. The zero-order valence-electron chi connectivity index (χ0n) is 25.8. The number of fused-ring (bicyclic) bond motifs is 1. The Kier molecular flexibility index (Phi) is 11.7. The van der Waals surface area contributed by atoms with Crippen LogP contribution >= 0.6 is 0 Å². The van der Waals surface area contributed by atoms with E-state index < -0.39 is 29.0 Å². The normalized spacial score (nSPS) is 12.3. The van der Waals surface area contributed by atoms with Gasteiger partial charge in [-0.25, -0.2) is 4.39 Å². The monoisotopic (exact) mass is 631 g/mol. The van der Waals surface area contributed by atoms with Gasteiger partial charge < -0.3 is 25.0 Å². The lowest BCUT2D eigenvalue weighted by Gasteiger charge is -2.38.